The Kier molecular flexibility index (Phi) is 7.95. The minimum Gasteiger partial charge on any atom is -0.495 e. The SMILES string of the molecule is CNc1ncc(-c2cccc(-c3cnn(C4CN(C(=O)c5cccc(C(=O)N(C)C)n5)C4)c3)c2OC)c2cc(NC(=O)C3CC3)ncc12. The molecule has 244 valence electrons. The van der Waals surface area contributed by atoms with Crippen LogP contribution < -0.4 is 15.4 Å². The molecule has 5 heterocycles. The van der Waals surface area contributed by atoms with Crippen LogP contribution in [0.15, 0.2) is 67.3 Å². The number of aromatic nitrogens is 5. The van der Waals surface area contributed by atoms with Gasteiger partial charge in [0.15, 0.2) is 0 Å². The molecule has 7 rings (SSSR count). The molecule has 0 spiro atoms. The minimum absolute atomic E-state index is 0.0100. The van der Waals surface area contributed by atoms with Crippen molar-refractivity contribution in [3.8, 4) is 28.0 Å². The zero-order chi connectivity index (χ0) is 33.5. The first-order valence-electron chi connectivity index (χ1n) is 15.7. The number of hydrogen-bond acceptors (Lipinski definition) is 9. The zero-order valence-corrected chi connectivity index (χ0v) is 27.1. The number of amides is 3. The average molecular weight is 646 g/mol. The highest BCUT2D eigenvalue weighted by molar-refractivity contribution is 6.05. The summed E-state index contributed by atoms with van der Waals surface area (Å²) < 4.78 is 7.89. The van der Waals surface area contributed by atoms with Crippen molar-refractivity contribution in [3.05, 3.63) is 78.6 Å². The maximum atomic E-state index is 13.1. The third-order valence-corrected chi connectivity index (χ3v) is 8.75. The number of methoxy groups -OCH3 is 1. The lowest BCUT2D eigenvalue weighted by Crippen LogP contribution is -2.51. The van der Waals surface area contributed by atoms with E-state index < -0.39 is 0 Å². The van der Waals surface area contributed by atoms with Gasteiger partial charge in [0.05, 0.1) is 19.3 Å². The number of nitrogens with one attached hydrogen (secondary N) is 2. The Labute approximate surface area is 277 Å². The highest BCUT2D eigenvalue weighted by atomic mass is 16.5. The van der Waals surface area contributed by atoms with Gasteiger partial charge in [-0.15, -0.1) is 0 Å². The second-order valence-corrected chi connectivity index (χ2v) is 12.2. The van der Waals surface area contributed by atoms with Crippen LogP contribution in [-0.2, 0) is 4.79 Å². The lowest BCUT2D eigenvalue weighted by molar-refractivity contribution is -0.117. The number of fused-ring (bicyclic) bond motifs is 1. The summed E-state index contributed by atoms with van der Waals surface area (Å²) in [5.41, 5.74) is 3.84. The first-order chi connectivity index (χ1) is 23.2. The molecule has 4 aromatic heterocycles. The summed E-state index contributed by atoms with van der Waals surface area (Å²) in [6, 6.07) is 12.7. The summed E-state index contributed by atoms with van der Waals surface area (Å²) in [4.78, 5) is 54.5. The number of para-hydroxylation sites is 1. The van der Waals surface area contributed by atoms with E-state index in [0.717, 1.165) is 45.9 Å². The van der Waals surface area contributed by atoms with Crippen LogP contribution in [0.25, 0.3) is 33.0 Å². The van der Waals surface area contributed by atoms with Gasteiger partial charge in [0.25, 0.3) is 11.8 Å². The van der Waals surface area contributed by atoms with E-state index in [2.05, 4.69) is 30.7 Å². The topological polar surface area (TPSA) is 147 Å². The lowest BCUT2D eigenvalue weighted by atomic mass is 9.96. The number of carbonyl (C=O) groups excluding carboxylic acids is 3. The van der Waals surface area contributed by atoms with E-state index in [1.54, 1.807) is 62.9 Å². The van der Waals surface area contributed by atoms with Crippen LogP contribution in [0, 0.1) is 5.92 Å². The molecular weight excluding hydrogens is 610 g/mol. The third kappa shape index (κ3) is 5.67. The van der Waals surface area contributed by atoms with Crippen LogP contribution in [0.1, 0.15) is 39.9 Å². The number of hydrogen-bond donors (Lipinski definition) is 2. The van der Waals surface area contributed by atoms with Gasteiger partial charge in [-0.3, -0.25) is 19.1 Å². The molecule has 0 bridgehead atoms. The number of nitrogens with zero attached hydrogens (tertiary/aromatic N) is 7. The fraction of sp³-hybridized carbons (Fsp3) is 0.286. The number of rotatable bonds is 9. The number of anilines is 2. The number of carbonyl (C=O) groups is 3. The summed E-state index contributed by atoms with van der Waals surface area (Å²) in [7, 11) is 6.74. The molecule has 1 aromatic carbocycles. The predicted molar refractivity (Wildman–Crippen MR) is 181 cm³/mol. The number of benzene rings is 1. The molecule has 2 fully saturated rings. The van der Waals surface area contributed by atoms with Crippen LogP contribution in [0.2, 0.25) is 0 Å². The molecule has 48 heavy (non-hydrogen) atoms. The van der Waals surface area contributed by atoms with E-state index >= 15 is 0 Å². The van der Waals surface area contributed by atoms with Crippen molar-refractivity contribution < 1.29 is 19.1 Å². The largest absolute Gasteiger partial charge is 0.495 e. The predicted octanol–water partition coefficient (Wildman–Crippen LogP) is 4.35. The third-order valence-electron chi connectivity index (χ3n) is 8.75. The summed E-state index contributed by atoms with van der Waals surface area (Å²) in [5.74, 6) is 1.39. The van der Waals surface area contributed by atoms with Crippen molar-refractivity contribution in [2.24, 2.45) is 5.92 Å². The fourth-order valence-electron chi connectivity index (χ4n) is 5.92. The molecule has 2 aliphatic rings. The smallest absolute Gasteiger partial charge is 0.272 e. The first kappa shape index (κ1) is 30.8. The lowest BCUT2D eigenvalue weighted by Gasteiger charge is -2.39. The highest BCUT2D eigenvalue weighted by Gasteiger charge is 2.34. The average Bonchev–Trinajstić information content (AvgIpc) is 3.84. The minimum atomic E-state index is -0.256. The van der Waals surface area contributed by atoms with E-state index in [0.29, 0.717) is 30.5 Å². The van der Waals surface area contributed by atoms with E-state index in [4.69, 9.17) is 4.74 Å². The van der Waals surface area contributed by atoms with Gasteiger partial charge in [0.2, 0.25) is 5.91 Å². The summed E-state index contributed by atoms with van der Waals surface area (Å²) in [6.07, 6.45) is 9.08. The zero-order valence-electron chi connectivity index (χ0n) is 27.1. The second-order valence-electron chi connectivity index (χ2n) is 12.2. The van der Waals surface area contributed by atoms with Crippen molar-refractivity contribution >= 4 is 40.1 Å². The van der Waals surface area contributed by atoms with Gasteiger partial charge in [-0.25, -0.2) is 15.0 Å². The van der Waals surface area contributed by atoms with Crippen LogP contribution in [0.5, 0.6) is 5.75 Å². The molecule has 0 unspecified atom stereocenters. The summed E-state index contributed by atoms with van der Waals surface area (Å²) >= 11 is 0. The highest BCUT2D eigenvalue weighted by Crippen LogP contribution is 2.42. The Hall–Kier alpha value is -5.85. The maximum Gasteiger partial charge on any atom is 0.272 e. The first-order valence-corrected chi connectivity index (χ1v) is 15.7. The Balaban J connectivity index is 1.14. The molecule has 13 heteroatoms. The number of pyridine rings is 3. The summed E-state index contributed by atoms with van der Waals surface area (Å²) in [6.45, 7) is 0.932. The van der Waals surface area contributed by atoms with Crippen LogP contribution in [0.3, 0.4) is 0 Å². The van der Waals surface area contributed by atoms with Gasteiger partial charge < -0.3 is 25.2 Å². The number of likely N-dealkylation sites (tertiary alicyclic amines) is 1. The van der Waals surface area contributed by atoms with Gasteiger partial charge in [-0.2, -0.15) is 5.10 Å². The Morgan fingerprint density at radius 3 is 2.40 bits per heavy atom. The fourth-order valence-corrected chi connectivity index (χ4v) is 5.92. The quantitative estimate of drug-likeness (QED) is 0.239. The molecule has 1 saturated heterocycles. The molecule has 1 aliphatic heterocycles. The van der Waals surface area contributed by atoms with Gasteiger partial charge in [0, 0.05) is 91.8 Å². The Bertz CT molecular complexity index is 2060. The van der Waals surface area contributed by atoms with Crippen LogP contribution in [0.4, 0.5) is 11.6 Å². The molecular formula is C35H35N9O4. The van der Waals surface area contributed by atoms with Crippen LogP contribution in [-0.4, -0.2) is 93.6 Å². The van der Waals surface area contributed by atoms with Crippen molar-refractivity contribution in [1.29, 1.82) is 0 Å². The van der Waals surface area contributed by atoms with Gasteiger partial charge in [-0.05, 0) is 31.0 Å². The molecule has 13 nitrogen and oxygen atoms in total. The van der Waals surface area contributed by atoms with Crippen molar-refractivity contribution in [3.63, 3.8) is 0 Å². The molecule has 1 aliphatic carbocycles. The monoisotopic (exact) mass is 645 g/mol. The van der Waals surface area contributed by atoms with Gasteiger partial charge in [-0.1, -0.05) is 24.3 Å². The Morgan fingerprint density at radius 2 is 1.67 bits per heavy atom. The molecule has 3 amide bonds. The van der Waals surface area contributed by atoms with Gasteiger partial charge in [0.1, 0.15) is 28.8 Å². The van der Waals surface area contributed by atoms with E-state index in [9.17, 15) is 14.4 Å². The van der Waals surface area contributed by atoms with Gasteiger partial charge >= 0.3 is 0 Å². The number of ether oxygens (including phenoxy) is 1. The van der Waals surface area contributed by atoms with E-state index in [1.165, 1.54) is 4.90 Å². The van der Waals surface area contributed by atoms with E-state index in [1.807, 2.05) is 42.2 Å². The molecule has 0 radical (unpaired) electrons. The maximum absolute atomic E-state index is 13.1. The summed E-state index contributed by atoms with van der Waals surface area (Å²) in [5, 5.41) is 12.4. The van der Waals surface area contributed by atoms with Crippen molar-refractivity contribution in [2.75, 3.05) is 52.0 Å². The molecule has 5 aromatic rings. The Morgan fingerprint density at radius 1 is 0.917 bits per heavy atom. The normalized spacial score (nSPS) is 14.4. The molecule has 2 N–H and O–H groups in total. The molecule has 0 atom stereocenters. The van der Waals surface area contributed by atoms with Crippen molar-refractivity contribution in [2.45, 2.75) is 18.9 Å². The standard InChI is InChI=1S/C35H35N9O4/c1-36-32-27-16-37-30(41-33(45)20-11-12-20)13-25(27)26(15-38-32)24-8-5-7-23(31(24)48-4)21-14-39-44(17-21)22-18-43(19-22)35(47)29-10-6-9-28(40-29)34(46)42(2)3/h5-10,13-17,20,22H,11-12,18-19H2,1-4H3,(H,36,38)(H,37,41,45). The van der Waals surface area contributed by atoms with Crippen LogP contribution >= 0.6 is 0 Å². The van der Waals surface area contributed by atoms with Crippen molar-refractivity contribution in [1.82, 2.24) is 34.5 Å². The molecule has 1 saturated carbocycles. The van der Waals surface area contributed by atoms with E-state index in [-0.39, 0.29) is 41.1 Å². The second kappa shape index (κ2) is 12.4.